The molecule has 0 radical (unpaired) electrons. The minimum atomic E-state index is -0.847. The lowest BCUT2D eigenvalue weighted by atomic mass is 9.84. The molecule has 6 heteroatoms. The summed E-state index contributed by atoms with van der Waals surface area (Å²) in [5.74, 6) is 0.179. The molecule has 0 fully saturated rings. The molecule has 0 aromatic heterocycles. The fourth-order valence-electron chi connectivity index (χ4n) is 2.55. The molecule has 0 amide bonds. The van der Waals surface area contributed by atoms with Crippen LogP contribution in [0, 0.1) is 0 Å². The predicted octanol–water partition coefficient (Wildman–Crippen LogP) is 3.49. The molecule has 0 saturated heterocycles. The molecule has 0 spiro atoms. The van der Waals surface area contributed by atoms with Gasteiger partial charge in [0.15, 0.2) is 6.79 Å². The number of hydrogen-bond acceptors (Lipinski definition) is 5. The van der Waals surface area contributed by atoms with Crippen molar-refractivity contribution in [2.45, 2.75) is 17.7 Å². The number of carbonyl (C=O) groups excluding carboxylic acids is 2. The molecule has 2 rings (SSSR count). The van der Waals surface area contributed by atoms with Crippen LogP contribution >= 0.6 is 15.9 Å². The summed E-state index contributed by atoms with van der Waals surface area (Å²) >= 11 is 3.70. The first kappa shape index (κ1) is 18.4. The Morgan fingerprint density at radius 2 is 2.08 bits per heavy atom. The van der Waals surface area contributed by atoms with E-state index in [9.17, 15) is 9.59 Å². The van der Waals surface area contributed by atoms with Crippen molar-refractivity contribution >= 4 is 28.2 Å². The molecule has 5 nitrogen and oxygen atoms in total. The maximum absolute atomic E-state index is 12.1. The molecule has 0 N–H and O–H groups in total. The van der Waals surface area contributed by atoms with E-state index in [0.29, 0.717) is 29.9 Å². The Morgan fingerprint density at radius 3 is 2.75 bits per heavy atom. The Hall–Kier alpha value is -1.92. The van der Waals surface area contributed by atoms with Crippen molar-refractivity contribution in [1.29, 1.82) is 0 Å². The molecule has 0 heterocycles. The van der Waals surface area contributed by atoms with E-state index in [1.54, 1.807) is 31.2 Å². The van der Waals surface area contributed by atoms with Crippen molar-refractivity contribution in [1.82, 2.24) is 0 Å². The normalized spacial score (nSPS) is 20.0. The second-order valence-electron chi connectivity index (χ2n) is 5.18. The third-order valence-corrected chi connectivity index (χ3v) is 4.74. The first-order valence-electron chi connectivity index (χ1n) is 7.50. The van der Waals surface area contributed by atoms with E-state index in [0.717, 1.165) is 11.8 Å². The van der Waals surface area contributed by atoms with Gasteiger partial charge in [-0.1, -0.05) is 40.2 Å². The SMILES string of the molecule is CCOC(=O)C1=CC=C(OCOC)C(Br)(c2ccccc2C=O)C1. The minimum Gasteiger partial charge on any atom is -0.470 e. The largest absolute Gasteiger partial charge is 0.470 e. The van der Waals surface area contributed by atoms with Gasteiger partial charge in [-0.15, -0.1) is 0 Å². The maximum atomic E-state index is 12.1. The van der Waals surface area contributed by atoms with Crippen molar-refractivity contribution in [2.75, 3.05) is 20.5 Å². The highest BCUT2D eigenvalue weighted by molar-refractivity contribution is 9.09. The molecule has 1 unspecified atom stereocenters. The second-order valence-corrected chi connectivity index (χ2v) is 6.53. The Kier molecular flexibility index (Phi) is 6.34. The van der Waals surface area contributed by atoms with Crippen molar-refractivity contribution in [2.24, 2.45) is 0 Å². The molecule has 0 aliphatic heterocycles. The molecular formula is C18H19BrO5. The number of carbonyl (C=O) groups is 2. The number of aldehydes is 1. The zero-order valence-electron chi connectivity index (χ0n) is 13.6. The molecule has 1 atom stereocenters. The van der Waals surface area contributed by atoms with E-state index in [-0.39, 0.29) is 12.8 Å². The van der Waals surface area contributed by atoms with Gasteiger partial charge in [-0.25, -0.2) is 4.79 Å². The number of allylic oxidation sites excluding steroid dienone is 3. The fraction of sp³-hybridized carbons (Fsp3) is 0.333. The summed E-state index contributed by atoms with van der Waals surface area (Å²) in [7, 11) is 1.53. The average molecular weight is 395 g/mol. The van der Waals surface area contributed by atoms with Gasteiger partial charge in [-0.3, -0.25) is 4.79 Å². The lowest BCUT2D eigenvalue weighted by Crippen LogP contribution is -2.29. The van der Waals surface area contributed by atoms with Crippen molar-refractivity contribution < 1.29 is 23.8 Å². The van der Waals surface area contributed by atoms with Crippen LogP contribution in [0.4, 0.5) is 0 Å². The van der Waals surface area contributed by atoms with E-state index in [1.165, 1.54) is 7.11 Å². The van der Waals surface area contributed by atoms with Gasteiger partial charge in [-0.2, -0.15) is 0 Å². The minimum absolute atomic E-state index is 0.0605. The molecule has 1 aromatic rings. The monoisotopic (exact) mass is 394 g/mol. The molecule has 1 aliphatic rings. The van der Waals surface area contributed by atoms with Crippen LogP contribution in [-0.4, -0.2) is 32.8 Å². The number of benzene rings is 1. The molecule has 0 bridgehead atoms. The van der Waals surface area contributed by atoms with Crippen LogP contribution in [-0.2, 0) is 23.3 Å². The molecule has 128 valence electrons. The van der Waals surface area contributed by atoms with Gasteiger partial charge in [0.2, 0.25) is 0 Å². The third-order valence-electron chi connectivity index (χ3n) is 3.65. The predicted molar refractivity (Wildman–Crippen MR) is 92.8 cm³/mol. The molecule has 24 heavy (non-hydrogen) atoms. The smallest absolute Gasteiger partial charge is 0.334 e. The van der Waals surface area contributed by atoms with Crippen molar-refractivity contribution in [3.8, 4) is 0 Å². The third kappa shape index (κ3) is 3.76. The van der Waals surface area contributed by atoms with Gasteiger partial charge in [-0.05, 0) is 24.6 Å². The van der Waals surface area contributed by atoms with Crippen molar-refractivity contribution in [3.05, 3.63) is 58.9 Å². The molecule has 1 aromatic carbocycles. The summed E-state index contributed by atoms with van der Waals surface area (Å²) in [6, 6.07) is 7.17. The van der Waals surface area contributed by atoms with E-state index in [1.807, 2.05) is 12.1 Å². The number of methoxy groups -OCH3 is 1. The Labute approximate surface area is 149 Å². The zero-order valence-corrected chi connectivity index (χ0v) is 15.2. The highest BCUT2D eigenvalue weighted by Gasteiger charge is 2.41. The van der Waals surface area contributed by atoms with E-state index in [4.69, 9.17) is 14.2 Å². The maximum Gasteiger partial charge on any atom is 0.334 e. The van der Waals surface area contributed by atoms with Crippen LogP contribution in [0.1, 0.15) is 29.3 Å². The van der Waals surface area contributed by atoms with Crippen molar-refractivity contribution in [3.63, 3.8) is 0 Å². The standard InChI is InChI=1S/C18H19BrO5/c1-3-23-17(21)13-8-9-16(24-12-22-2)18(19,10-13)15-7-5-4-6-14(15)11-20/h4-9,11H,3,10,12H2,1-2H3. The van der Waals surface area contributed by atoms with E-state index >= 15 is 0 Å². The summed E-state index contributed by atoms with van der Waals surface area (Å²) in [5, 5.41) is 0. The Morgan fingerprint density at radius 1 is 1.33 bits per heavy atom. The zero-order chi connectivity index (χ0) is 17.6. The van der Waals surface area contributed by atoms with Crippen LogP contribution in [0.25, 0.3) is 0 Å². The van der Waals surface area contributed by atoms with Gasteiger partial charge in [0.05, 0.1) is 6.61 Å². The van der Waals surface area contributed by atoms with E-state index in [2.05, 4.69) is 15.9 Å². The lowest BCUT2D eigenvalue weighted by molar-refractivity contribution is -0.138. The summed E-state index contributed by atoms with van der Waals surface area (Å²) in [4.78, 5) is 23.6. The van der Waals surface area contributed by atoms with Gasteiger partial charge >= 0.3 is 5.97 Å². The Bertz CT molecular complexity index is 680. The summed E-state index contributed by atoms with van der Waals surface area (Å²) in [6.45, 7) is 2.12. The topological polar surface area (TPSA) is 61.8 Å². The number of ether oxygens (including phenoxy) is 3. The quantitative estimate of drug-likeness (QED) is 0.306. The molecule has 0 saturated carbocycles. The lowest BCUT2D eigenvalue weighted by Gasteiger charge is -2.34. The first-order valence-corrected chi connectivity index (χ1v) is 8.30. The highest BCUT2D eigenvalue weighted by Crippen LogP contribution is 2.47. The van der Waals surface area contributed by atoms with Crippen LogP contribution in [0.5, 0.6) is 0 Å². The van der Waals surface area contributed by atoms with E-state index < -0.39 is 4.32 Å². The highest BCUT2D eigenvalue weighted by atomic mass is 79.9. The number of esters is 1. The van der Waals surface area contributed by atoms with Gasteiger partial charge in [0.1, 0.15) is 16.4 Å². The van der Waals surface area contributed by atoms with Gasteiger partial charge in [0, 0.05) is 24.7 Å². The fourth-order valence-corrected chi connectivity index (χ4v) is 3.46. The molecular weight excluding hydrogens is 376 g/mol. The number of hydrogen-bond donors (Lipinski definition) is 0. The van der Waals surface area contributed by atoms with Gasteiger partial charge in [0.25, 0.3) is 0 Å². The summed E-state index contributed by atoms with van der Waals surface area (Å²) in [6.07, 6.45) is 4.46. The first-order chi connectivity index (χ1) is 11.6. The number of halogens is 1. The summed E-state index contributed by atoms with van der Waals surface area (Å²) < 4.78 is 14.9. The average Bonchev–Trinajstić information content (AvgIpc) is 2.60. The van der Waals surface area contributed by atoms with Gasteiger partial charge < -0.3 is 14.2 Å². The van der Waals surface area contributed by atoms with Crippen LogP contribution in [0.3, 0.4) is 0 Å². The summed E-state index contributed by atoms with van der Waals surface area (Å²) in [5.41, 5.74) is 1.74. The number of alkyl halides is 1. The van der Waals surface area contributed by atoms with Crippen LogP contribution in [0.2, 0.25) is 0 Å². The van der Waals surface area contributed by atoms with Crippen LogP contribution < -0.4 is 0 Å². The molecule has 1 aliphatic carbocycles. The second kappa shape index (κ2) is 8.26. The Balaban J connectivity index is 2.47. The van der Waals surface area contributed by atoms with Crippen LogP contribution in [0.15, 0.2) is 47.7 Å². The number of rotatable bonds is 7.